The van der Waals surface area contributed by atoms with Crippen molar-refractivity contribution in [2.24, 2.45) is 0 Å². The van der Waals surface area contributed by atoms with Gasteiger partial charge in [0, 0.05) is 20.0 Å². The highest BCUT2D eigenvalue weighted by Gasteiger charge is 2.13. The molecule has 2 N–H and O–H groups in total. The first-order valence-corrected chi connectivity index (χ1v) is 6.29. The van der Waals surface area contributed by atoms with Crippen LogP contribution in [0.5, 0.6) is 0 Å². The van der Waals surface area contributed by atoms with Gasteiger partial charge in [-0.25, -0.2) is 4.79 Å². The van der Waals surface area contributed by atoms with Gasteiger partial charge in [0.2, 0.25) is 0 Å². The zero-order valence-corrected chi connectivity index (χ0v) is 11.3. The van der Waals surface area contributed by atoms with Gasteiger partial charge in [0.15, 0.2) is 0 Å². The molecule has 0 saturated carbocycles. The van der Waals surface area contributed by atoms with E-state index in [0.717, 1.165) is 5.56 Å². The van der Waals surface area contributed by atoms with Crippen LogP contribution in [0.4, 0.5) is 4.79 Å². The van der Waals surface area contributed by atoms with E-state index in [1.54, 1.807) is 7.05 Å². The van der Waals surface area contributed by atoms with Crippen molar-refractivity contribution in [3.05, 3.63) is 35.9 Å². The first-order valence-electron chi connectivity index (χ1n) is 6.29. The fourth-order valence-electron chi connectivity index (χ4n) is 1.69. The summed E-state index contributed by atoms with van der Waals surface area (Å²) in [7, 11) is 1.66. The van der Waals surface area contributed by atoms with E-state index in [0.29, 0.717) is 13.0 Å². The number of rotatable bonds is 6. The molecule has 0 aliphatic rings. The number of aliphatic carboxylic acids is 1. The van der Waals surface area contributed by atoms with Crippen LogP contribution in [0, 0.1) is 0 Å². The van der Waals surface area contributed by atoms with Crippen LogP contribution in [0.1, 0.15) is 31.4 Å². The van der Waals surface area contributed by atoms with E-state index >= 15 is 0 Å². The Labute approximate surface area is 113 Å². The fourth-order valence-corrected chi connectivity index (χ4v) is 1.69. The van der Waals surface area contributed by atoms with Crippen LogP contribution in [0.25, 0.3) is 0 Å². The second-order valence-corrected chi connectivity index (χ2v) is 4.50. The number of carbonyl (C=O) groups excluding carboxylic acids is 1. The Hall–Kier alpha value is -2.04. The molecule has 1 rings (SSSR count). The molecule has 104 valence electrons. The second kappa shape index (κ2) is 7.41. The number of carbonyl (C=O) groups is 2. The predicted octanol–water partition coefficient (Wildman–Crippen LogP) is 2.25. The van der Waals surface area contributed by atoms with Crippen LogP contribution in [0.2, 0.25) is 0 Å². The van der Waals surface area contributed by atoms with E-state index in [4.69, 9.17) is 5.11 Å². The van der Waals surface area contributed by atoms with Crippen LogP contribution in [-0.4, -0.2) is 35.6 Å². The highest BCUT2D eigenvalue weighted by atomic mass is 16.4. The Morgan fingerprint density at radius 3 is 2.53 bits per heavy atom. The molecule has 1 aromatic rings. The summed E-state index contributed by atoms with van der Waals surface area (Å²) >= 11 is 0. The normalized spacial score (nSPS) is 11.7. The predicted molar refractivity (Wildman–Crippen MR) is 72.9 cm³/mol. The van der Waals surface area contributed by atoms with Crippen LogP contribution >= 0.6 is 0 Å². The zero-order chi connectivity index (χ0) is 14.3. The Bertz CT molecular complexity index is 420. The average Bonchev–Trinajstić information content (AvgIpc) is 2.39. The number of benzene rings is 1. The largest absolute Gasteiger partial charge is 0.481 e. The quantitative estimate of drug-likeness (QED) is 0.828. The van der Waals surface area contributed by atoms with Crippen molar-refractivity contribution in [3.63, 3.8) is 0 Å². The summed E-state index contributed by atoms with van der Waals surface area (Å²) in [6.07, 6.45) is 0.533. The van der Waals surface area contributed by atoms with Gasteiger partial charge in [-0.05, 0) is 18.9 Å². The van der Waals surface area contributed by atoms with E-state index in [2.05, 4.69) is 5.32 Å². The maximum atomic E-state index is 11.9. The Kier molecular flexibility index (Phi) is 5.85. The molecule has 1 unspecified atom stereocenters. The lowest BCUT2D eigenvalue weighted by Crippen LogP contribution is -2.39. The SMILES string of the molecule is CC(NC(=O)N(C)CCCC(=O)O)c1ccccc1. The summed E-state index contributed by atoms with van der Waals surface area (Å²) in [4.78, 5) is 23.8. The van der Waals surface area contributed by atoms with Gasteiger partial charge in [-0.15, -0.1) is 0 Å². The lowest BCUT2D eigenvalue weighted by atomic mass is 10.1. The highest BCUT2D eigenvalue weighted by molar-refractivity contribution is 5.74. The van der Waals surface area contributed by atoms with Crippen molar-refractivity contribution >= 4 is 12.0 Å². The number of hydrogen-bond acceptors (Lipinski definition) is 2. The summed E-state index contributed by atoms with van der Waals surface area (Å²) in [6.45, 7) is 2.35. The second-order valence-electron chi connectivity index (χ2n) is 4.50. The molecule has 0 radical (unpaired) electrons. The maximum Gasteiger partial charge on any atom is 0.317 e. The number of nitrogens with one attached hydrogen (secondary N) is 1. The molecule has 0 heterocycles. The topological polar surface area (TPSA) is 69.6 Å². The molecule has 0 spiro atoms. The van der Waals surface area contributed by atoms with Crippen molar-refractivity contribution in [3.8, 4) is 0 Å². The van der Waals surface area contributed by atoms with Gasteiger partial charge < -0.3 is 15.3 Å². The highest BCUT2D eigenvalue weighted by Crippen LogP contribution is 2.11. The zero-order valence-electron chi connectivity index (χ0n) is 11.3. The standard InChI is InChI=1S/C14H20N2O3/c1-11(12-7-4-3-5-8-12)15-14(19)16(2)10-6-9-13(17)18/h3-5,7-8,11H,6,9-10H2,1-2H3,(H,15,19)(H,17,18). The molecular weight excluding hydrogens is 244 g/mol. The molecule has 0 aromatic heterocycles. The van der Waals surface area contributed by atoms with Gasteiger partial charge in [0.1, 0.15) is 0 Å². The molecule has 0 aliphatic heterocycles. The van der Waals surface area contributed by atoms with Crippen LogP contribution < -0.4 is 5.32 Å². The summed E-state index contributed by atoms with van der Waals surface area (Å²) < 4.78 is 0. The third-order valence-electron chi connectivity index (χ3n) is 2.87. The van der Waals surface area contributed by atoms with E-state index in [1.165, 1.54) is 4.90 Å². The summed E-state index contributed by atoms with van der Waals surface area (Å²) in [6, 6.07) is 9.42. The van der Waals surface area contributed by atoms with Crippen molar-refractivity contribution in [1.29, 1.82) is 0 Å². The number of carboxylic acids is 1. The van der Waals surface area contributed by atoms with Gasteiger partial charge >= 0.3 is 12.0 Å². The summed E-state index contributed by atoms with van der Waals surface area (Å²) in [5, 5.41) is 11.4. The van der Waals surface area contributed by atoms with E-state index in [1.807, 2.05) is 37.3 Å². The molecule has 1 atom stereocenters. The molecule has 2 amide bonds. The number of hydrogen-bond donors (Lipinski definition) is 2. The summed E-state index contributed by atoms with van der Waals surface area (Å²) in [5.41, 5.74) is 1.04. The van der Waals surface area contributed by atoms with E-state index in [-0.39, 0.29) is 18.5 Å². The van der Waals surface area contributed by atoms with E-state index < -0.39 is 5.97 Å². The minimum absolute atomic E-state index is 0.0735. The van der Waals surface area contributed by atoms with Gasteiger partial charge in [-0.2, -0.15) is 0 Å². The van der Waals surface area contributed by atoms with Crippen LogP contribution in [0.3, 0.4) is 0 Å². The summed E-state index contributed by atoms with van der Waals surface area (Å²) in [5.74, 6) is -0.841. The lowest BCUT2D eigenvalue weighted by Gasteiger charge is -2.21. The Morgan fingerprint density at radius 1 is 1.32 bits per heavy atom. The monoisotopic (exact) mass is 264 g/mol. The molecule has 5 heteroatoms. The number of amides is 2. The molecule has 0 fully saturated rings. The number of carboxylic acid groups (broad SMARTS) is 1. The molecule has 19 heavy (non-hydrogen) atoms. The third kappa shape index (κ3) is 5.42. The molecule has 5 nitrogen and oxygen atoms in total. The van der Waals surface area contributed by atoms with Gasteiger partial charge in [-0.3, -0.25) is 4.79 Å². The average molecular weight is 264 g/mol. The molecule has 0 saturated heterocycles. The molecule has 0 bridgehead atoms. The lowest BCUT2D eigenvalue weighted by molar-refractivity contribution is -0.137. The maximum absolute atomic E-state index is 11.9. The molecule has 0 aliphatic carbocycles. The number of urea groups is 1. The first kappa shape index (κ1) is 15.0. The Balaban J connectivity index is 2.39. The number of nitrogens with zero attached hydrogens (tertiary/aromatic N) is 1. The molecular formula is C14H20N2O3. The third-order valence-corrected chi connectivity index (χ3v) is 2.87. The minimum atomic E-state index is -0.841. The van der Waals surface area contributed by atoms with Gasteiger partial charge in [-0.1, -0.05) is 30.3 Å². The first-order chi connectivity index (χ1) is 9.00. The van der Waals surface area contributed by atoms with Crippen molar-refractivity contribution < 1.29 is 14.7 Å². The van der Waals surface area contributed by atoms with Gasteiger partial charge in [0.05, 0.1) is 6.04 Å². The van der Waals surface area contributed by atoms with Crippen LogP contribution in [0.15, 0.2) is 30.3 Å². The van der Waals surface area contributed by atoms with E-state index in [9.17, 15) is 9.59 Å². The van der Waals surface area contributed by atoms with Crippen molar-refractivity contribution in [1.82, 2.24) is 10.2 Å². The smallest absolute Gasteiger partial charge is 0.317 e. The van der Waals surface area contributed by atoms with Crippen molar-refractivity contribution in [2.75, 3.05) is 13.6 Å². The minimum Gasteiger partial charge on any atom is -0.481 e. The van der Waals surface area contributed by atoms with Crippen LogP contribution in [-0.2, 0) is 4.79 Å². The Morgan fingerprint density at radius 2 is 1.95 bits per heavy atom. The molecule has 1 aromatic carbocycles. The van der Waals surface area contributed by atoms with Crippen molar-refractivity contribution in [2.45, 2.75) is 25.8 Å². The van der Waals surface area contributed by atoms with Gasteiger partial charge in [0.25, 0.3) is 0 Å². The fraction of sp³-hybridized carbons (Fsp3) is 0.429.